The van der Waals surface area contributed by atoms with Gasteiger partial charge in [-0.15, -0.1) is 11.3 Å². The molecule has 3 heterocycles. The second-order valence-electron chi connectivity index (χ2n) is 5.99. The Hall–Kier alpha value is -2.73. The fourth-order valence-electron chi connectivity index (χ4n) is 2.76. The van der Waals surface area contributed by atoms with Crippen LogP contribution in [0.2, 0.25) is 0 Å². The summed E-state index contributed by atoms with van der Waals surface area (Å²) in [6.07, 6.45) is 1.77. The average molecular weight is 398 g/mol. The van der Waals surface area contributed by atoms with Crippen LogP contribution in [0.15, 0.2) is 41.9 Å². The van der Waals surface area contributed by atoms with Crippen molar-refractivity contribution in [2.45, 2.75) is 0 Å². The van der Waals surface area contributed by atoms with Crippen molar-refractivity contribution >= 4 is 40.6 Å². The van der Waals surface area contributed by atoms with Crippen molar-refractivity contribution in [1.82, 2.24) is 19.4 Å². The second-order valence-corrected chi connectivity index (χ2v) is 7.36. The predicted molar refractivity (Wildman–Crippen MR) is 107 cm³/mol. The Morgan fingerprint density at radius 1 is 1.11 bits per heavy atom. The van der Waals surface area contributed by atoms with Gasteiger partial charge in [0.05, 0.1) is 11.6 Å². The maximum Gasteiger partial charge on any atom is 0.228 e. The van der Waals surface area contributed by atoms with Crippen molar-refractivity contribution < 1.29 is 0 Å². The zero-order valence-electron chi connectivity index (χ0n) is 14.3. The molecule has 4 rings (SSSR count). The monoisotopic (exact) mass is 397 g/mol. The summed E-state index contributed by atoms with van der Waals surface area (Å²) in [5, 5.41) is 15.0. The lowest BCUT2D eigenvalue weighted by atomic mass is 10.2. The first kappa shape index (κ1) is 17.7. The van der Waals surface area contributed by atoms with E-state index in [1.165, 1.54) is 11.3 Å². The second kappa shape index (κ2) is 7.88. The number of nitrogens with one attached hydrogen (secondary N) is 1. The molecular weight excluding hydrogens is 382 g/mol. The van der Waals surface area contributed by atoms with Crippen LogP contribution < -0.4 is 10.2 Å². The van der Waals surface area contributed by atoms with E-state index in [0.717, 1.165) is 42.6 Å². The number of hydrogen-bond acceptors (Lipinski definition) is 8. The normalized spacial score (nSPS) is 14.7. The van der Waals surface area contributed by atoms with Crippen LogP contribution in [-0.4, -0.2) is 45.5 Å². The fourth-order valence-corrected chi connectivity index (χ4v) is 3.51. The fraction of sp³-hybridized carbons (Fsp3) is 0.222. The van der Waals surface area contributed by atoms with Gasteiger partial charge in [-0.05, 0) is 36.0 Å². The average Bonchev–Trinajstić information content (AvgIpc) is 3.24. The van der Waals surface area contributed by atoms with Crippen LogP contribution in [0.25, 0.3) is 10.7 Å². The number of piperazine rings is 1. The SMILES string of the molecule is N#Cc1ccc(Nc2cc(-c3nccs3)nc(N3CCN(Cl)CC3)n2)cc1. The number of anilines is 3. The molecule has 0 spiro atoms. The minimum absolute atomic E-state index is 0.617. The molecule has 0 amide bonds. The molecule has 1 aliphatic heterocycles. The molecule has 7 nitrogen and oxygen atoms in total. The summed E-state index contributed by atoms with van der Waals surface area (Å²) in [5.74, 6) is 1.34. The first-order valence-corrected chi connectivity index (χ1v) is 9.65. The van der Waals surface area contributed by atoms with Crippen LogP contribution in [0.4, 0.5) is 17.5 Å². The predicted octanol–water partition coefficient (Wildman–Crippen LogP) is 3.49. The van der Waals surface area contributed by atoms with Crippen molar-refractivity contribution in [2.24, 2.45) is 0 Å². The van der Waals surface area contributed by atoms with Crippen LogP contribution >= 0.6 is 23.1 Å². The molecule has 0 aliphatic carbocycles. The summed E-state index contributed by atoms with van der Waals surface area (Å²) in [6.45, 7) is 3.04. The molecule has 9 heteroatoms. The lowest BCUT2D eigenvalue weighted by molar-refractivity contribution is 0.413. The van der Waals surface area contributed by atoms with Gasteiger partial charge < -0.3 is 10.2 Å². The van der Waals surface area contributed by atoms with E-state index in [2.05, 4.69) is 26.3 Å². The molecule has 0 saturated carbocycles. The van der Waals surface area contributed by atoms with Gasteiger partial charge in [0.25, 0.3) is 0 Å². The highest BCUT2D eigenvalue weighted by Gasteiger charge is 2.19. The van der Waals surface area contributed by atoms with Gasteiger partial charge >= 0.3 is 0 Å². The number of aromatic nitrogens is 3. The Kier molecular flexibility index (Phi) is 5.16. The van der Waals surface area contributed by atoms with Crippen LogP contribution in [0, 0.1) is 11.3 Å². The van der Waals surface area contributed by atoms with E-state index in [0.29, 0.717) is 17.3 Å². The van der Waals surface area contributed by atoms with Gasteiger partial charge in [0.15, 0.2) is 0 Å². The zero-order valence-corrected chi connectivity index (χ0v) is 15.9. The number of rotatable bonds is 4. The highest BCUT2D eigenvalue weighted by atomic mass is 35.5. The number of halogens is 1. The molecule has 1 fully saturated rings. The van der Waals surface area contributed by atoms with Gasteiger partial charge in [-0.25, -0.2) is 14.4 Å². The highest BCUT2D eigenvalue weighted by Crippen LogP contribution is 2.27. The molecule has 1 aliphatic rings. The number of nitrogens with zero attached hydrogens (tertiary/aromatic N) is 6. The largest absolute Gasteiger partial charge is 0.340 e. The van der Waals surface area contributed by atoms with Gasteiger partial charge in [-0.1, -0.05) is 0 Å². The molecule has 1 saturated heterocycles. The third kappa shape index (κ3) is 4.17. The van der Waals surface area contributed by atoms with E-state index >= 15 is 0 Å². The molecule has 27 heavy (non-hydrogen) atoms. The number of hydrogen-bond donors (Lipinski definition) is 1. The number of nitriles is 1. The quantitative estimate of drug-likeness (QED) is 0.675. The lowest BCUT2D eigenvalue weighted by Gasteiger charge is -2.31. The summed E-state index contributed by atoms with van der Waals surface area (Å²) >= 11 is 7.61. The van der Waals surface area contributed by atoms with E-state index in [1.54, 1.807) is 22.7 Å². The summed E-state index contributed by atoms with van der Waals surface area (Å²) < 4.78 is 1.77. The van der Waals surface area contributed by atoms with Crippen LogP contribution in [-0.2, 0) is 0 Å². The van der Waals surface area contributed by atoms with Gasteiger partial charge in [0, 0.05) is 49.5 Å². The molecule has 3 aromatic rings. The van der Waals surface area contributed by atoms with E-state index in [9.17, 15) is 0 Å². The van der Waals surface area contributed by atoms with E-state index in [-0.39, 0.29) is 0 Å². The number of thiazole rings is 1. The third-order valence-corrected chi connectivity index (χ3v) is 5.29. The summed E-state index contributed by atoms with van der Waals surface area (Å²) in [5.41, 5.74) is 2.25. The molecule has 0 bridgehead atoms. The van der Waals surface area contributed by atoms with Crippen molar-refractivity contribution in [3.63, 3.8) is 0 Å². The minimum Gasteiger partial charge on any atom is -0.340 e. The van der Waals surface area contributed by atoms with Crippen molar-refractivity contribution in [3.05, 3.63) is 47.5 Å². The van der Waals surface area contributed by atoms with Crippen LogP contribution in [0.1, 0.15) is 5.56 Å². The molecule has 136 valence electrons. The molecule has 0 atom stereocenters. The van der Waals surface area contributed by atoms with Gasteiger partial charge in [-0.2, -0.15) is 10.2 Å². The van der Waals surface area contributed by atoms with Crippen LogP contribution in [0.3, 0.4) is 0 Å². The van der Waals surface area contributed by atoms with Gasteiger partial charge in [0.2, 0.25) is 5.95 Å². The number of benzene rings is 1. The van der Waals surface area contributed by atoms with E-state index in [1.807, 2.05) is 23.6 Å². The molecular formula is C18H16ClN7S. The topological polar surface area (TPSA) is 81.0 Å². The first-order valence-electron chi connectivity index (χ1n) is 8.43. The van der Waals surface area contributed by atoms with Crippen molar-refractivity contribution in [2.75, 3.05) is 36.4 Å². The molecule has 0 unspecified atom stereocenters. The Morgan fingerprint density at radius 2 is 1.89 bits per heavy atom. The Balaban J connectivity index is 1.66. The van der Waals surface area contributed by atoms with Gasteiger partial charge in [0.1, 0.15) is 16.5 Å². The van der Waals surface area contributed by atoms with Gasteiger partial charge in [-0.3, -0.25) is 0 Å². The molecule has 1 aromatic carbocycles. The Bertz CT molecular complexity index is 945. The molecule has 2 aromatic heterocycles. The third-order valence-electron chi connectivity index (χ3n) is 4.16. The summed E-state index contributed by atoms with van der Waals surface area (Å²) in [7, 11) is 0. The zero-order chi connectivity index (χ0) is 18.6. The smallest absolute Gasteiger partial charge is 0.228 e. The Morgan fingerprint density at radius 3 is 2.56 bits per heavy atom. The van der Waals surface area contributed by atoms with E-state index in [4.69, 9.17) is 22.0 Å². The maximum atomic E-state index is 8.94. The maximum absolute atomic E-state index is 8.94. The lowest BCUT2D eigenvalue weighted by Crippen LogP contribution is -2.43. The Labute approximate surface area is 166 Å². The molecule has 0 radical (unpaired) electrons. The summed E-state index contributed by atoms with van der Waals surface area (Å²) in [4.78, 5) is 15.9. The van der Waals surface area contributed by atoms with E-state index < -0.39 is 0 Å². The summed E-state index contributed by atoms with van der Waals surface area (Å²) in [6, 6.07) is 11.3. The highest BCUT2D eigenvalue weighted by molar-refractivity contribution is 7.13. The van der Waals surface area contributed by atoms with Crippen LogP contribution in [0.5, 0.6) is 0 Å². The van der Waals surface area contributed by atoms with Crippen molar-refractivity contribution in [3.8, 4) is 16.8 Å². The van der Waals surface area contributed by atoms with Crippen molar-refractivity contribution in [1.29, 1.82) is 5.26 Å². The molecule has 1 N–H and O–H groups in total. The minimum atomic E-state index is 0.617. The first-order chi connectivity index (χ1) is 13.2. The standard InChI is InChI=1S/C18H16ClN7S/c19-26-8-6-25(7-9-26)18-23-15(17-21-5-10-27-17)11-16(24-18)22-14-3-1-13(12-20)2-4-14/h1-5,10-11H,6-9H2,(H,22,23,24).